The molecule has 0 fully saturated rings. The Hall–Kier alpha value is -1.38. The van der Waals surface area contributed by atoms with Crippen molar-refractivity contribution in [2.75, 3.05) is 0 Å². The zero-order valence-corrected chi connectivity index (χ0v) is 12.8. The second kappa shape index (κ2) is 6.59. The largest absolute Gasteiger partial charge is 0.271 e. The van der Waals surface area contributed by atoms with Crippen molar-refractivity contribution in [3.05, 3.63) is 51.5 Å². The number of hydrogen-bond donors (Lipinski definition) is 2. The first-order valence-electron chi connectivity index (χ1n) is 6.32. The van der Waals surface area contributed by atoms with Crippen LogP contribution in [0.3, 0.4) is 0 Å². The molecule has 8 heteroatoms. The average Bonchev–Trinajstić information content (AvgIpc) is 2.82. The molecule has 1 aromatic carbocycles. The normalized spacial score (nSPS) is 12.7. The molecule has 0 aliphatic heterocycles. The number of hydrazine groups is 1. The van der Waals surface area contributed by atoms with Crippen LogP contribution in [-0.2, 0) is 6.54 Å². The minimum atomic E-state index is -1.52. The Balaban J connectivity index is 2.55. The number of rotatable bonds is 5. The molecule has 2 rings (SSSR count). The summed E-state index contributed by atoms with van der Waals surface area (Å²) in [6.45, 7) is 2.55. The van der Waals surface area contributed by atoms with E-state index in [2.05, 4.69) is 26.5 Å². The summed E-state index contributed by atoms with van der Waals surface area (Å²) in [5, 5.41) is 4.15. The van der Waals surface area contributed by atoms with Gasteiger partial charge in [0, 0.05) is 12.1 Å². The highest BCUT2D eigenvalue weighted by Crippen LogP contribution is 2.31. The molecule has 21 heavy (non-hydrogen) atoms. The van der Waals surface area contributed by atoms with Crippen LogP contribution in [0.2, 0.25) is 0 Å². The second-order valence-corrected chi connectivity index (χ2v) is 5.32. The fourth-order valence-electron chi connectivity index (χ4n) is 2.13. The van der Waals surface area contributed by atoms with Crippen LogP contribution in [0.25, 0.3) is 0 Å². The number of aromatic nitrogens is 2. The van der Waals surface area contributed by atoms with Gasteiger partial charge in [-0.2, -0.15) is 5.10 Å². The standard InChI is InChI=1S/C13H14BrF3N4/c1-2-5-21-13(8(14)6-19-21)12(20-18)7-3-4-9(15)11(17)10(7)16/h3-4,6,12,20H,2,5,18H2,1H3. The number of nitrogens with one attached hydrogen (secondary N) is 1. The number of aryl methyl sites for hydroxylation is 1. The van der Waals surface area contributed by atoms with E-state index < -0.39 is 23.5 Å². The second-order valence-electron chi connectivity index (χ2n) is 4.47. The van der Waals surface area contributed by atoms with E-state index in [0.717, 1.165) is 18.6 Å². The van der Waals surface area contributed by atoms with Gasteiger partial charge < -0.3 is 0 Å². The van der Waals surface area contributed by atoms with Crippen molar-refractivity contribution in [2.24, 2.45) is 5.84 Å². The molecule has 1 unspecified atom stereocenters. The molecule has 1 atom stereocenters. The molecule has 0 radical (unpaired) electrons. The van der Waals surface area contributed by atoms with Crippen LogP contribution in [-0.4, -0.2) is 9.78 Å². The third-order valence-corrected chi connectivity index (χ3v) is 3.70. The fraction of sp³-hybridized carbons (Fsp3) is 0.308. The number of halogens is 4. The molecule has 0 spiro atoms. The molecule has 0 aliphatic carbocycles. The molecule has 2 aromatic rings. The van der Waals surface area contributed by atoms with Gasteiger partial charge in [0.05, 0.1) is 22.4 Å². The smallest absolute Gasteiger partial charge is 0.194 e. The Morgan fingerprint density at radius 2 is 2.05 bits per heavy atom. The topological polar surface area (TPSA) is 55.9 Å². The van der Waals surface area contributed by atoms with Gasteiger partial charge in [0.1, 0.15) is 0 Å². The lowest BCUT2D eigenvalue weighted by Crippen LogP contribution is -2.32. The van der Waals surface area contributed by atoms with Crippen molar-refractivity contribution in [1.29, 1.82) is 0 Å². The molecule has 1 aromatic heterocycles. The summed E-state index contributed by atoms with van der Waals surface area (Å²) in [5.74, 6) is 1.46. The molecule has 0 saturated carbocycles. The predicted octanol–water partition coefficient (Wildman–Crippen LogP) is 3.03. The van der Waals surface area contributed by atoms with E-state index in [1.54, 1.807) is 10.9 Å². The highest BCUT2D eigenvalue weighted by molar-refractivity contribution is 9.10. The monoisotopic (exact) mass is 362 g/mol. The van der Waals surface area contributed by atoms with Crippen LogP contribution in [0.15, 0.2) is 22.8 Å². The Morgan fingerprint density at radius 3 is 2.67 bits per heavy atom. The zero-order valence-electron chi connectivity index (χ0n) is 11.2. The molecule has 114 valence electrons. The van der Waals surface area contributed by atoms with Gasteiger partial charge >= 0.3 is 0 Å². The number of hydrogen-bond acceptors (Lipinski definition) is 3. The SMILES string of the molecule is CCCn1ncc(Br)c1C(NN)c1ccc(F)c(F)c1F. The molecule has 0 saturated heterocycles. The first-order chi connectivity index (χ1) is 10.0. The van der Waals surface area contributed by atoms with Gasteiger partial charge in [-0.3, -0.25) is 10.5 Å². The van der Waals surface area contributed by atoms with Gasteiger partial charge in [0.2, 0.25) is 0 Å². The summed E-state index contributed by atoms with van der Waals surface area (Å²) in [6, 6.07) is 1.17. The van der Waals surface area contributed by atoms with E-state index >= 15 is 0 Å². The summed E-state index contributed by atoms with van der Waals surface area (Å²) < 4.78 is 42.7. The summed E-state index contributed by atoms with van der Waals surface area (Å²) in [7, 11) is 0. The number of nitrogens with two attached hydrogens (primary N) is 1. The van der Waals surface area contributed by atoms with Gasteiger partial charge in [-0.05, 0) is 28.4 Å². The van der Waals surface area contributed by atoms with E-state index in [4.69, 9.17) is 5.84 Å². The third-order valence-electron chi connectivity index (χ3n) is 3.08. The average molecular weight is 363 g/mol. The molecule has 4 nitrogen and oxygen atoms in total. The van der Waals surface area contributed by atoms with Crippen molar-refractivity contribution in [1.82, 2.24) is 15.2 Å². The fourth-order valence-corrected chi connectivity index (χ4v) is 2.65. The number of benzene rings is 1. The highest BCUT2D eigenvalue weighted by Gasteiger charge is 2.26. The summed E-state index contributed by atoms with van der Waals surface area (Å²) in [6.07, 6.45) is 2.35. The van der Waals surface area contributed by atoms with Crippen LogP contribution < -0.4 is 11.3 Å². The van der Waals surface area contributed by atoms with Crippen molar-refractivity contribution in [3.63, 3.8) is 0 Å². The minimum Gasteiger partial charge on any atom is -0.271 e. The predicted molar refractivity (Wildman–Crippen MR) is 75.7 cm³/mol. The Bertz CT molecular complexity index is 645. The van der Waals surface area contributed by atoms with Crippen molar-refractivity contribution in [3.8, 4) is 0 Å². The number of nitrogens with zero attached hydrogens (tertiary/aromatic N) is 2. The van der Waals surface area contributed by atoms with E-state index in [0.29, 0.717) is 16.7 Å². The zero-order chi connectivity index (χ0) is 15.6. The first kappa shape index (κ1) is 16.0. The Kier molecular flexibility index (Phi) is 5.02. The molecule has 0 aliphatic rings. The maximum Gasteiger partial charge on any atom is 0.194 e. The van der Waals surface area contributed by atoms with Gasteiger partial charge in [0.25, 0.3) is 0 Å². The maximum absolute atomic E-state index is 14.0. The third kappa shape index (κ3) is 2.97. The summed E-state index contributed by atoms with van der Waals surface area (Å²) in [5.41, 5.74) is 2.89. The Labute approximate surface area is 128 Å². The molecule has 1 heterocycles. The van der Waals surface area contributed by atoms with Gasteiger partial charge in [-0.1, -0.05) is 13.0 Å². The van der Waals surface area contributed by atoms with Crippen LogP contribution in [0.1, 0.15) is 30.6 Å². The lowest BCUT2D eigenvalue weighted by atomic mass is 10.0. The molecule has 0 amide bonds. The van der Waals surface area contributed by atoms with E-state index in [1.165, 1.54) is 0 Å². The highest BCUT2D eigenvalue weighted by atomic mass is 79.9. The van der Waals surface area contributed by atoms with Crippen LogP contribution in [0.4, 0.5) is 13.2 Å². The van der Waals surface area contributed by atoms with Crippen molar-refractivity contribution >= 4 is 15.9 Å². The van der Waals surface area contributed by atoms with E-state index in [-0.39, 0.29) is 5.56 Å². The van der Waals surface area contributed by atoms with Gasteiger partial charge in [0.15, 0.2) is 17.5 Å². The van der Waals surface area contributed by atoms with E-state index in [1.807, 2.05) is 6.92 Å². The lowest BCUT2D eigenvalue weighted by Gasteiger charge is -2.19. The maximum atomic E-state index is 14.0. The molecule has 3 N–H and O–H groups in total. The Morgan fingerprint density at radius 1 is 1.33 bits per heavy atom. The minimum absolute atomic E-state index is 0.0880. The molecular weight excluding hydrogens is 349 g/mol. The van der Waals surface area contributed by atoms with Crippen molar-refractivity contribution < 1.29 is 13.2 Å². The first-order valence-corrected chi connectivity index (χ1v) is 7.11. The van der Waals surface area contributed by atoms with Crippen LogP contribution in [0.5, 0.6) is 0 Å². The van der Waals surface area contributed by atoms with Gasteiger partial charge in [-0.25, -0.2) is 18.6 Å². The van der Waals surface area contributed by atoms with Crippen LogP contribution >= 0.6 is 15.9 Å². The van der Waals surface area contributed by atoms with Crippen molar-refractivity contribution in [2.45, 2.75) is 25.9 Å². The van der Waals surface area contributed by atoms with Crippen LogP contribution in [0, 0.1) is 17.5 Å². The quantitative estimate of drug-likeness (QED) is 0.488. The van der Waals surface area contributed by atoms with E-state index in [9.17, 15) is 13.2 Å². The molecule has 0 bridgehead atoms. The molecular formula is C13H14BrF3N4. The summed E-state index contributed by atoms with van der Waals surface area (Å²) in [4.78, 5) is 0. The van der Waals surface area contributed by atoms with Gasteiger partial charge in [-0.15, -0.1) is 0 Å². The lowest BCUT2D eigenvalue weighted by molar-refractivity contribution is 0.428. The summed E-state index contributed by atoms with van der Waals surface area (Å²) >= 11 is 3.31.